The minimum absolute atomic E-state index is 0.124. The SMILES string of the molecule is O=C(CCn1c(=S)[nH]c2ccccc2c1=O)Nc1cccc2cccnc12. The Morgan fingerprint density at radius 3 is 2.81 bits per heavy atom. The number of nitrogens with zero attached hydrogens (tertiary/aromatic N) is 2. The zero-order chi connectivity index (χ0) is 18.8. The second-order valence-electron chi connectivity index (χ2n) is 6.11. The maximum atomic E-state index is 12.6. The van der Waals surface area contributed by atoms with Gasteiger partial charge in [0.15, 0.2) is 4.77 Å². The Kier molecular flexibility index (Phi) is 4.52. The van der Waals surface area contributed by atoms with Crippen LogP contribution in [0.3, 0.4) is 0 Å². The molecule has 7 heteroatoms. The molecule has 27 heavy (non-hydrogen) atoms. The number of hydrogen-bond donors (Lipinski definition) is 2. The largest absolute Gasteiger partial charge is 0.332 e. The van der Waals surface area contributed by atoms with Crippen molar-refractivity contribution in [1.82, 2.24) is 14.5 Å². The number of pyridine rings is 1. The van der Waals surface area contributed by atoms with Gasteiger partial charge in [-0.2, -0.15) is 0 Å². The molecule has 0 aliphatic heterocycles. The maximum absolute atomic E-state index is 12.6. The zero-order valence-corrected chi connectivity index (χ0v) is 15.1. The van der Waals surface area contributed by atoms with Crippen molar-refractivity contribution in [2.75, 3.05) is 5.32 Å². The Morgan fingerprint density at radius 1 is 1.11 bits per heavy atom. The molecule has 0 unspecified atom stereocenters. The number of carbonyl (C=O) groups is 1. The number of carbonyl (C=O) groups excluding carboxylic acids is 1. The van der Waals surface area contributed by atoms with Crippen molar-refractivity contribution < 1.29 is 4.79 Å². The Balaban J connectivity index is 1.55. The second kappa shape index (κ2) is 7.13. The van der Waals surface area contributed by atoms with Crippen LogP contribution in [0.4, 0.5) is 5.69 Å². The summed E-state index contributed by atoms with van der Waals surface area (Å²) in [6.07, 6.45) is 1.81. The van der Waals surface area contributed by atoms with Gasteiger partial charge in [0.1, 0.15) is 0 Å². The average molecular weight is 376 g/mol. The lowest BCUT2D eigenvalue weighted by Crippen LogP contribution is -2.25. The molecule has 0 aliphatic rings. The summed E-state index contributed by atoms with van der Waals surface area (Å²) < 4.78 is 1.72. The number of benzene rings is 2. The lowest BCUT2D eigenvalue weighted by molar-refractivity contribution is -0.116. The van der Waals surface area contributed by atoms with Gasteiger partial charge in [0, 0.05) is 24.5 Å². The first-order valence-corrected chi connectivity index (χ1v) is 8.90. The summed E-state index contributed by atoms with van der Waals surface area (Å²) in [5.74, 6) is -0.206. The van der Waals surface area contributed by atoms with E-state index in [9.17, 15) is 9.59 Å². The van der Waals surface area contributed by atoms with Gasteiger partial charge in [0.05, 0.1) is 22.1 Å². The smallest absolute Gasteiger partial charge is 0.262 e. The summed E-state index contributed by atoms with van der Waals surface area (Å²) in [5.41, 5.74) is 1.87. The molecule has 134 valence electrons. The van der Waals surface area contributed by atoms with Crippen molar-refractivity contribution in [1.29, 1.82) is 0 Å². The van der Waals surface area contributed by atoms with E-state index in [-0.39, 0.29) is 24.4 Å². The molecule has 6 nitrogen and oxygen atoms in total. The first-order chi connectivity index (χ1) is 13.1. The second-order valence-corrected chi connectivity index (χ2v) is 6.50. The lowest BCUT2D eigenvalue weighted by Gasteiger charge is -2.10. The van der Waals surface area contributed by atoms with Crippen molar-refractivity contribution in [3.8, 4) is 0 Å². The van der Waals surface area contributed by atoms with E-state index in [1.54, 1.807) is 24.4 Å². The van der Waals surface area contributed by atoms with Crippen molar-refractivity contribution in [3.63, 3.8) is 0 Å². The van der Waals surface area contributed by atoms with Crippen LogP contribution in [0.5, 0.6) is 0 Å². The lowest BCUT2D eigenvalue weighted by atomic mass is 10.2. The van der Waals surface area contributed by atoms with E-state index in [2.05, 4.69) is 15.3 Å². The normalized spacial score (nSPS) is 11.0. The van der Waals surface area contributed by atoms with Crippen LogP contribution in [0.1, 0.15) is 6.42 Å². The number of rotatable bonds is 4. The molecular weight excluding hydrogens is 360 g/mol. The molecule has 1 amide bonds. The molecule has 0 fully saturated rings. The third-order valence-corrected chi connectivity index (χ3v) is 4.68. The van der Waals surface area contributed by atoms with Crippen molar-refractivity contribution >= 4 is 45.6 Å². The van der Waals surface area contributed by atoms with Gasteiger partial charge < -0.3 is 10.3 Å². The zero-order valence-electron chi connectivity index (χ0n) is 14.3. The average Bonchev–Trinajstić information content (AvgIpc) is 2.68. The molecular formula is C20H16N4O2S. The molecule has 0 spiro atoms. The number of nitrogens with one attached hydrogen (secondary N) is 2. The molecule has 0 saturated heterocycles. The van der Waals surface area contributed by atoms with E-state index in [1.165, 1.54) is 4.57 Å². The molecule has 0 bridgehead atoms. The van der Waals surface area contributed by atoms with Gasteiger partial charge in [-0.1, -0.05) is 30.3 Å². The van der Waals surface area contributed by atoms with E-state index in [0.717, 1.165) is 10.9 Å². The van der Waals surface area contributed by atoms with E-state index in [0.29, 0.717) is 21.4 Å². The summed E-state index contributed by atoms with van der Waals surface area (Å²) in [6.45, 7) is 0.197. The quantitative estimate of drug-likeness (QED) is 0.533. The molecule has 0 atom stereocenters. The van der Waals surface area contributed by atoms with Gasteiger partial charge in [-0.25, -0.2) is 0 Å². The van der Waals surface area contributed by atoms with Crippen LogP contribution in [0.25, 0.3) is 21.8 Å². The highest BCUT2D eigenvalue weighted by Gasteiger charge is 2.10. The molecule has 2 N–H and O–H groups in total. The van der Waals surface area contributed by atoms with Gasteiger partial charge in [-0.05, 0) is 36.5 Å². The van der Waals surface area contributed by atoms with Crippen LogP contribution >= 0.6 is 12.2 Å². The Bertz CT molecular complexity index is 1270. The topological polar surface area (TPSA) is 79.8 Å². The van der Waals surface area contributed by atoms with Crippen LogP contribution in [0.2, 0.25) is 0 Å². The number of aromatic nitrogens is 3. The Labute approximate surface area is 159 Å². The minimum atomic E-state index is -0.206. The predicted octanol–water partition coefficient (Wildman–Crippen LogP) is 3.64. The van der Waals surface area contributed by atoms with Crippen LogP contribution in [-0.2, 0) is 11.3 Å². The van der Waals surface area contributed by atoms with E-state index in [1.807, 2.05) is 36.4 Å². The summed E-state index contributed by atoms with van der Waals surface area (Å²) >= 11 is 5.28. The Morgan fingerprint density at radius 2 is 1.93 bits per heavy atom. The first kappa shape index (κ1) is 17.1. The molecule has 4 rings (SSSR count). The van der Waals surface area contributed by atoms with Crippen molar-refractivity contribution in [3.05, 3.63) is 75.9 Å². The number of aromatic amines is 1. The van der Waals surface area contributed by atoms with Gasteiger partial charge in [0.2, 0.25) is 5.91 Å². The van der Waals surface area contributed by atoms with Gasteiger partial charge in [-0.3, -0.25) is 19.1 Å². The monoisotopic (exact) mass is 376 g/mol. The Hall–Kier alpha value is -3.32. The highest BCUT2D eigenvalue weighted by Crippen LogP contribution is 2.20. The highest BCUT2D eigenvalue weighted by molar-refractivity contribution is 7.71. The summed E-state index contributed by atoms with van der Waals surface area (Å²) in [4.78, 5) is 32.4. The molecule has 2 aromatic carbocycles. The molecule has 4 aromatic rings. The molecule has 0 saturated carbocycles. The van der Waals surface area contributed by atoms with Gasteiger partial charge in [0.25, 0.3) is 5.56 Å². The molecule has 0 radical (unpaired) electrons. The number of fused-ring (bicyclic) bond motifs is 2. The molecule has 2 heterocycles. The summed E-state index contributed by atoms with van der Waals surface area (Å²) in [5, 5.41) is 4.36. The fraction of sp³-hybridized carbons (Fsp3) is 0.100. The van der Waals surface area contributed by atoms with Crippen molar-refractivity contribution in [2.45, 2.75) is 13.0 Å². The predicted molar refractivity (Wildman–Crippen MR) is 108 cm³/mol. The number of H-pyrrole nitrogens is 1. The van der Waals surface area contributed by atoms with Crippen LogP contribution in [0, 0.1) is 4.77 Å². The third kappa shape index (κ3) is 3.37. The van der Waals surface area contributed by atoms with Crippen LogP contribution < -0.4 is 10.9 Å². The van der Waals surface area contributed by atoms with E-state index < -0.39 is 0 Å². The minimum Gasteiger partial charge on any atom is -0.332 e. The maximum Gasteiger partial charge on any atom is 0.262 e. The third-order valence-electron chi connectivity index (χ3n) is 4.36. The highest BCUT2D eigenvalue weighted by atomic mass is 32.1. The fourth-order valence-corrected chi connectivity index (χ4v) is 3.32. The van der Waals surface area contributed by atoms with E-state index >= 15 is 0 Å². The standard InChI is InChI=1S/C20H16N4O2S/c25-17(22-16-9-3-5-13-6-4-11-21-18(13)16)10-12-24-19(26)14-7-1-2-8-15(14)23-20(24)27/h1-9,11H,10,12H2,(H,22,25)(H,23,27). The first-order valence-electron chi connectivity index (χ1n) is 8.49. The number of anilines is 1. The summed E-state index contributed by atoms with van der Waals surface area (Å²) in [6, 6.07) is 16.6. The number of hydrogen-bond acceptors (Lipinski definition) is 4. The van der Waals surface area contributed by atoms with E-state index in [4.69, 9.17) is 12.2 Å². The number of amides is 1. The van der Waals surface area contributed by atoms with Crippen LogP contribution in [0.15, 0.2) is 65.6 Å². The molecule has 2 aromatic heterocycles. The van der Waals surface area contributed by atoms with Crippen LogP contribution in [-0.4, -0.2) is 20.4 Å². The van der Waals surface area contributed by atoms with Gasteiger partial charge >= 0.3 is 0 Å². The number of para-hydroxylation sites is 2. The van der Waals surface area contributed by atoms with Gasteiger partial charge in [-0.15, -0.1) is 0 Å². The van der Waals surface area contributed by atoms with Crippen molar-refractivity contribution in [2.24, 2.45) is 0 Å². The summed E-state index contributed by atoms with van der Waals surface area (Å²) in [7, 11) is 0. The fourth-order valence-electron chi connectivity index (χ4n) is 3.03. The molecule has 0 aliphatic carbocycles.